The van der Waals surface area contributed by atoms with E-state index in [1.807, 2.05) is 18.2 Å². The predicted molar refractivity (Wildman–Crippen MR) is 111 cm³/mol. The second-order valence-corrected chi connectivity index (χ2v) is 6.42. The highest BCUT2D eigenvalue weighted by atomic mass is 127. The second kappa shape index (κ2) is 10.1. The molecule has 140 valence electrons. The first-order chi connectivity index (χ1) is 11.8. The Morgan fingerprint density at radius 1 is 1.24 bits per heavy atom. The number of hydrogen-bond acceptors (Lipinski definition) is 4. The molecular formula is C18H29IN4O2. The van der Waals surface area contributed by atoms with Gasteiger partial charge in [-0.3, -0.25) is 9.89 Å². The minimum Gasteiger partial charge on any atom is -0.454 e. The van der Waals surface area contributed by atoms with Crippen molar-refractivity contribution in [3.05, 3.63) is 23.8 Å². The molecule has 1 fully saturated rings. The van der Waals surface area contributed by atoms with Crippen molar-refractivity contribution in [1.82, 2.24) is 15.5 Å². The van der Waals surface area contributed by atoms with Crippen molar-refractivity contribution in [2.24, 2.45) is 4.99 Å². The third-order valence-corrected chi connectivity index (χ3v) is 4.75. The lowest BCUT2D eigenvalue weighted by atomic mass is 10.0. The summed E-state index contributed by atoms with van der Waals surface area (Å²) in [4.78, 5) is 6.85. The van der Waals surface area contributed by atoms with Gasteiger partial charge in [-0.15, -0.1) is 24.0 Å². The molecule has 7 heteroatoms. The number of nitrogens with one attached hydrogen (secondary N) is 2. The summed E-state index contributed by atoms with van der Waals surface area (Å²) >= 11 is 0. The monoisotopic (exact) mass is 460 g/mol. The highest BCUT2D eigenvalue weighted by molar-refractivity contribution is 14.0. The van der Waals surface area contributed by atoms with E-state index in [0.29, 0.717) is 19.4 Å². The Balaban J connectivity index is 0.00000225. The van der Waals surface area contributed by atoms with Crippen LogP contribution < -0.4 is 20.1 Å². The van der Waals surface area contributed by atoms with Gasteiger partial charge in [-0.1, -0.05) is 12.5 Å². The van der Waals surface area contributed by atoms with E-state index in [1.165, 1.54) is 25.8 Å². The highest BCUT2D eigenvalue weighted by Crippen LogP contribution is 2.32. The summed E-state index contributed by atoms with van der Waals surface area (Å²) in [7, 11) is 1.80. The SMILES string of the molecule is CN=C(NCCN1CCCCC1C)NCc1ccc2c(c1)OCO2.I. The molecule has 1 aromatic carbocycles. The Hall–Kier alpha value is -1.22. The third kappa shape index (κ3) is 5.64. The van der Waals surface area contributed by atoms with E-state index < -0.39 is 0 Å². The van der Waals surface area contributed by atoms with Gasteiger partial charge >= 0.3 is 0 Å². The van der Waals surface area contributed by atoms with E-state index in [2.05, 4.69) is 27.4 Å². The Bertz CT molecular complexity index is 582. The molecule has 2 N–H and O–H groups in total. The first kappa shape index (κ1) is 20.1. The molecule has 0 spiro atoms. The minimum atomic E-state index is 0. The van der Waals surface area contributed by atoms with Crippen molar-refractivity contribution in [1.29, 1.82) is 0 Å². The van der Waals surface area contributed by atoms with Gasteiger partial charge in [-0.2, -0.15) is 0 Å². The maximum absolute atomic E-state index is 5.41. The number of benzene rings is 1. The number of aliphatic imine (C=N–C) groups is 1. The number of halogens is 1. The molecule has 6 nitrogen and oxygen atoms in total. The molecule has 2 aliphatic heterocycles. The lowest BCUT2D eigenvalue weighted by Gasteiger charge is -2.33. The van der Waals surface area contributed by atoms with Crippen LogP contribution in [0.4, 0.5) is 0 Å². The van der Waals surface area contributed by atoms with E-state index in [-0.39, 0.29) is 24.0 Å². The number of hydrogen-bond donors (Lipinski definition) is 2. The molecule has 2 aliphatic rings. The van der Waals surface area contributed by atoms with E-state index >= 15 is 0 Å². The Labute approximate surface area is 167 Å². The van der Waals surface area contributed by atoms with Gasteiger partial charge in [-0.05, 0) is 44.0 Å². The summed E-state index contributed by atoms with van der Waals surface area (Å²) in [6, 6.07) is 6.71. The molecule has 0 saturated carbocycles. The van der Waals surface area contributed by atoms with Gasteiger partial charge in [-0.25, -0.2) is 0 Å². The summed E-state index contributed by atoms with van der Waals surface area (Å²) in [5, 5.41) is 6.75. The van der Waals surface area contributed by atoms with E-state index in [1.54, 1.807) is 7.05 Å². The van der Waals surface area contributed by atoms with Crippen LogP contribution in [0.5, 0.6) is 11.5 Å². The minimum absolute atomic E-state index is 0. The average molecular weight is 460 g/mol. The summed E-state index contributed by atoms with van der Waals surface area (Å²) in [5.74, 6) is 2.46. The molecule has 0 radical (unpaired) electrons. The fourth-order valence-electron chi connectivity index (χ4n) is 3.27. The number of piperidine rings is 1. The topological polar surface area (TPSA) is 58.1 Å². The van der Waals surface area contributed by atoms with Gasteiger partial charge in [0.2, 0.25) is 6.79 Å². The van der Waals surface area contributed by atoms with Crippen LogP contribution in [0.3, 0.4) is 0 Å². The third-order valence-electron chi connectivity index (χ3n) is 4.75. The number of nitrogens with zero attached hydrogens (tertiary/aromatic N) is 2. The van der Waals surface area contributed by atoms with Crippen LogP contribution in [0.1, 0.15) is 31.7 Å². The Morgan fingerprint density at radius 3 is 2.88 bits per heavy atom. The fraction of sp³-hybridized carbons (Fsp3) is 0.611. The molecule has 1 saturated heterocycles. The van der Waals surface area contributed by atoms with Gasteiger partial charge in [0, 0.05) is 32.7 Å². The molecule has 1 unspecified atom stereocenters. The van der Waals surface area contributed by atoms with Crippen molar-refractivity contribution < 1.29 is 9.47 Å². The predicted octanol–water partition coefficient (Wildman–Crippen LogP) is 2.57. The quantitative estimate of drug-likeness (QED) is 0.402. The molecule has 0 aliphatic carbocycles. The summed E-state index contributed by atoms with van der Waals surface area (Å²) in [5.41, 5.74) is 1.15. The number of ether oxygens (including phenoxy) is 2. The highest BCUT2D eigenvalue weighted by Gasteiger charge is 2.17. The zero-order chi connectivity index (χ0) is 16.8. The van der Waals surface area contributed by atoms with Crippen LogP contribution in [0.15, 0.2) is 23.2 Å². The maximum Gasteiger partial charge on any atom is 0.231 e. The van der Waals surface area contributed by atoms with Crippen LogP contribution in [0.25, 0.3) is 0 Å². The van der Waals surface area contributed by atoms with E-state index in [0.717, 1.165) is 36.1 Å². The molecule has 1 aromatic rings. The standard InChI is InChI=1S/C18H28N4O2.HI/c1-14-5-3-4-9-22(14)10-8-20-18(19-2)21-12-15-6-7-16-17(11-15)24-13-23-16;/h6-7,11,14H,3-5,8-10,12-13H2,1-2H3,(H2,19,20,21);1H. The van der Waals surface area contributed by atoms with Crippen molar-refractivity contribution in [2.75, 3.05) is 33.5 Å². The molecule has 0 bridgehead atoms. The van der Waals surface area contributed by atoms with Gasteiger partial charge in [0.15, 0.2) is 17.5 Å². The van der Waals surface area contributed by atoms with Crippen LogP contribution >= 0.6 is 24.0 Å². The molecular weight excluding hydrogens is 431 g/mol. The van der Waals surface area contributed by atoms with Crippen LogP contribution in [-0.2, 0) is 6.54 Å². The normalized spacial score (nSPS) is 20.1. The lowest BCUT2D eigenvalue weighted by molar-refractivity contribution is 0.163. The smallest absolute Gasteiger partial charge is 0.231 e. The van der Waals surface area contributed by atoms with Gasteiger partial charge in [0.25, 0.3) is 0 Å². The van der Waals surface area contributed by atoms with Crippen LogP contribution in [-0.4, -0.2) is 50.4 Å². The van der Waals surface area contributed by atoms with Gasteiger partial charge in [0.1, 0.15) is 0 Å². The van der Waals surface area contributed by atoms with Crippen molar-refractivity contribution in [2.45, 2.75) is 38.8 Å². The lowest BCUT2D eigenvalue weighted by Crippen LogP contribution is -2.45. The number of likely N-dealkylation sites (tertiary alicyclic amines) is 1. The second-order valence-electron chi connectivity index (χ2n) is 6.42. The van der Waals surface area contributed by atoms with Crippen molar-refractivity contribution >= 4 is 29.9 Å². The van der Waals surface area contributed by atoms with Gasteiger partial charge in [0.05, 0.1) is 0 Å². The first-order valence-electron chi connectivity index (χ1n) is 8.83. The number of guanidine groups is 1. The van der Waals surface area contributed by atoms with Crippen LogP contribution in [0, 0.1) is 0 Å². The molecule has 0 amide bonds. The first-order valence-corrected chi connectivity index (χ1v) is 8.83. The molecule has 1 atom stereocenters. The Kier molecular flexibility index (Phi) is 8.08. The molecule has 3 rings (SSSR count). The summed E-state index contributed by atoms with van der Waals surface area (Å²) in [6.07, 6.45) is 4.00. The summed E-state index contributed by atoms with van der Waals surface area (Å²) in [6.45, 7) is 6.52. The zero-order valence-electron chi connectivity index (χ0n) is 15.1. The molecule has 2 heterocycles. The van der Waals surface area contributed by atoms with E-state index in [4.69, 9.17) is 9.47 Å². The van der Waals surface area contributed by atoms with Crippen molar-refractivity contribution in [3.63, 3.8) is 0 Å². The molecule has 0 aromatic heterocycles. The maximum atomic E-state index is 5.41. The Morgan fingerprint density at radius 2 is 2.08 bits per heavy atom. The fourth-order valence-corrected chi connectivity index (χ4v) is 3.27. The van der Waals surface area contributed by atoms with Crippen molar-refractivity contribution in [3.8, 4) is 11.5 Å². The van der Waals surface area contributed by atoms with Gasteiger partial charge < -0.3 is 20.1 Å². The number of fused-ring (bicyclic) bond motifs is 1. The molecule has 25 heavy (non-hydrogen) atoms. The number of rotatable bonds is 5. The van der Waals surface area contributed by atoms with E-state index in [9.17, 15) is 0 Å². The average Bonchev–Trinajstić information content (AvgIpc) is 3.07. The zero-order valence-corrected chi connectivity index (χ0v) is 17.4. The largest absolute Gasteiger partial charge is 0.454 e. The van der Waals surface area contributed by atoms with Crippen LogP contribution in [0.2, 0.25) is 0 Å². The summed E-state index contributed by atoms with van der Waals surface area (Å²) < 4.78 is 10.7.